The largest absolute Gasteiger partial charge is 0.477 e. The number of carboxylic acid groups (broad SMARTS) is 1. The van der Waals surface area contributed by atoms with Crippen molar-refractivity contribution >= 4 is 40.8 Å². The van der Waals surface area contributed by atoms with Crippen LogP contribution >= 0.6 is 23.7 Å². The van der Waals surface area contributed by atoms with Gasteiger partial charge in [-0.1, -0.05) is 24.2 Å². The molecule has 0 atom stereocenters. The van der Waals surface area contributed by atoms with Gasteiger partial charge in [0.25, 0.3) is 0 Å². The average Bonchev–Trinajstić information content (AvgIpc) is 2.82. The second-order valence-electron chi connectivity index (χ2n) is 4.06. The van der Waals surface area contributed by atoms with E-state index in [1.807, 2.05) is 0 Å². The quantitative estimate of drug-likeness (QED) is 0.504. The maximum atomic E-state index is 11.1. The average molecular weight is 291 g/mol. The molecule has 1 fully saturated rings. The molecular formula is C10H15ClN4O2S. The number of thiazole rings is 1. The predicted octanol–water partition coefficient (Wildman–Crippen LogP) is 2.23. The van der Waals surface area contributed by atoms with Gasteiger partial charge in [-0.25, -0.2) is 9.78 Å². The van der Waals surface area contributed by atoms with E-state index in [0.717, 1.165) is 37.0 Å². The lowest BCUT2D eigenvalue weighted by Gasteiger charge is -2.05. The molecular weight excluding hydrogens is 276 g/mol. The van der Waals surface area contributed by atoms with Crippen LogP contribution in [0.5, 0.6) is 0 Å². The van der Waals surface area contributed by atoms with Gasteiger partial charge in [-0.05, 0) is 12.8 Å². The van der Waals surface area contributed by atoms with Gasteiger partial charge in [-0.3, -0.25) is 5.41 Å². The van der Waals surface area contributed by atoms with Gasteiger partial charge in [-0.2, -0.15) is 0 Å². The summed E-state index contributed by atoms with van der Waals surface area (Å²) in [6.45, 7) is 0. The van der Waals surface area contributed by atoms with E-state index in [1.54, 1.807) is 0 Å². The Labute approximate surface area is 115 Å². The zero-order chi connectivity index (χ0) is 12.4. The zero-order valence-electron chi connectivity index (χ0n) is 9.60. The van der Waals surface area contributed by atoms with Crippen molar-refractivity contribution in [3.05, 3.63) is 10.6 Å². The second kappa shape index (κ2) is 6.01. The molecule has 0 aromatic carbocycles. The fraction of sp³-hybridized carbons (Fsp3) is 0.500. The first kappa shape index (κ1) is 14.7. The molecule has 6 nitrogen and oxygen atoms in total. The molecule has 0 saturated heterocycles. The summed E-state index contributed by atoms with van der Waals surface area (Å²) in [6, 6.07) is 0. The molecule has 0 aliphatic heterocycles. The second-order valence-corrected chi connectivity index (χ2v) is 5.06. The molecule has 1 heterocycles. The number of nitrogens with one attached hydrogen (secondary N) is 2. The Bertz CT molecular complexity index is 457. The number of guanidine groups is 1. The summed E-state index contributed by atoms with van der Waals surface area (Å²) in [5.74, 6) is -0.950. The first-order valence-corrected chi connectivity index (χ1v) is 6.24. The highest BCUT2D eigenvalue weighted by Gasteiger charge is 2.27. The Balaban J connectivity index is 0.00000162. The highest BCUT2D eigenvalue weighted by molar-refractivity contribution is 7.17. The lowest BCUT2D eigenvalue weighted by molar-refractivity contribution is 0.0700. The van der Waals surface area contributed by atoms with Crippen molar-refractivity contribution in [3.63, 3.8) is 0 Å². The Kier molecular flexibility index (Phi) is 4.92. The number of anilines is 1. The molecule has 0 radical (unpaired) electrons. The fourth-order valence-corrected chi connectivity index (χ4v) is 3.03. The van der Waals surface area contributed by atoms with E-state index in [-0.39, 0.29) is 29.2 Å². The molecule has 18 heavy (non-hydrogen) atoms. The molecule has 0 spiro atoms. The van der Waals surface area contributed by atoms with Gasteiger partial charge in [0.05, 0.1) is 5.69 Å². The number of nitrogens with two attached hydrogens (primary N) is 1. The van der Waals surface area contributed by atoms with Gasteiger partial charge in [0.2, 0.25) is 0 Å². The van der Waals surface area contributed by atoms with Crippen LogP contribution in [0.4, 0.5) is 5.13 Å². The predicted molar refractivity (Wildman–Crippen MR) is 73.1 cm³/mol. The van der Waals surface area contributed by atoms with Gasteiger partial charge in [0, 0.05) is 5.92 Å². The molecule has 0 amide bonds. The molecule has 8 heteroatoms. The van der Waals surface area contributed by atoms with E-state index < -0.39 is 5.97 Å². The van der Waals surface area contributed by atoms with Crippen molar-refractivity contribution in [3.8, 4) is 0 Å². The minimum Gasteiger partial charge on any atom is -0.477 e. The summed E-state index contributed by atoms with van der Waals surface area (Å²) in [6.07, 6.45) is 4.22. The summed E-state index contributed by atoms with van der Waals surface area (Å²) in [7, 11) is 0. The van der Waals surface area contributed by atoms with E-state index in [1.165, 1.54) is 0 Å². The van der Waals surface area contributed by atoms with Crippen molar-refractivity contribution in [2.24, 2.45) is 5.73 Å². The smallest absolute Gasteiger partial charge is 0.347 e. The van der Waals surface area contributed by atoms with Crippen LogP contribution in [-0.2, 0) is 0 Å². The molecule has 1 saturated carbocycles. The number of aromatic nitrogens is 1. The highest BCUT2D eigenvalue weighted by atomic mass is 35.5. The van der Waals surface area contributed by atoms with Crippen LogP contribution in [0.1, 0.15) is 47.0 Å². The topological polar surface area (TPSA) is 112 Å². The lowest BCUT2D eigenvalue weighted by atomic mass is 10.0. The van der Waals surface area contributed by atoms with E-state index in [2.05, 4.69) is 10.3 Å². The van der Waals surface area contributed by atoms with Crippen LogP contribution in [0, 0.1) is 5.41 Å². The molecule has 0 bridgehead atoms. The molecule has 1 aliphatic rings. The summed E-state index contributed by atoms with van der Waals surface area (Å²) >= 11 is 1.04. The monoisotopic (exact) mass is 290 g/mol. The minimum atomic E-state index is -0.957. The molecule has 1 aromatic rings. The summed E-state index contributed by atoms with van der Waals surface area (Å²) in [4.78, 5) is 15.7. The van der Waals surface area contributed by atoms with E-state index >= 15 is 0 Å². The van der Waals surface area contributed by atoms with E-state index in [9.17, 15) is 4.79 Å². The SMILES string of the molecule is Cl.N=C(N)Nc1nc(C2CCCC2)c(C(=O)O)s1. The Morgan fingerprint density at radius 3 is 2.61 bits per heavy atom. The number of nitrogens with zero attached hydrogens (tertiary/aromatic N) is 1. The van der Waals surface area contributed by atoms with Crippen LogP contribution in [0.2, 0.25) is 0 Å². The van der Waals surface area contributed by atoms with Crippen LogP contribution < -0.4 is 11.1 Å². The highest BCUT2D eigenvalue weighted by Crippen LogP contribution is 2.38. The number of carboxylic acids is 1. The van der Waals surface area contributed by atoms with Gasteiger partial charge in [0.1, 0.15) is 4.88 Å². The molecule has 1 aliphatic carbocycles. The van der Waals surface area contributed by atoms with Crippen LogP contribution in [0.15, 0.2) is 0 Å². The Morgan fingerprint density at radius 2 is 2.11 bits per heavy atom. The van der Waals surface area contributed by atoms with Gasteiger partial charge in [-0.15, -0.1) is 12.4 Å². The van der Waals surface area contributed by atoms with Gasteiger partial charge < -0.3 is 16.2 Å². The molecule has 100 valence electrons. The lowest BCUT2D eigenvalue weighted by Crippen LogP contribution is -2.20. The maximum absolute atomic E-state index is 11.1. The molecule has 2 rings (SSSR count). The van der Waals surface area contributed by atoms with Crippen molar-refractivity contribution in [2.45, 2.75) is 31.6 Å². The van der Waals surface area contributed by atoms with Crippen molar-refractivity contribution in [1.82, 2.24) is 4.98 Å². The van der Waals surface area contributed by atoms with Crippen molar-refractivity contribution in [1.29, 1.82) is 5.41 Å². The summed E-state index contributed by atoms with van der Waals surface area (Å²) < 4.78 is 0. The first-order chi connectivity index (χ1) is 8.08. The third-order valence-electron chi connectivity index (χ3n) is 2.83. The number of carbonyl (C=O) groups is 1. The van der Waals surface area contributed by atoms with E-state index in [4.69, 9.17) is 16.2 Å². The number of hydrogen-bond donors (Lipinski definition) is 4. The molecule has 0 unspecified atom stereocenters. The standard InChI is InChI=1S/C10H14N4O2S.ClH/c11-9(12)14-10-13-6(5-3-1-2-4-5)7(17-10)8(15)16;/h5H,1-4H2,(H,15,16)(H4,11,12,13,14);1H. The van der Waals surface area contributed by atoms with Gasteiger partial charge in [0.15, 0.2) is 11.1 Å². The van der Waals surface area contributed by atoms with Crippen LogP contribution in [0.3, 0.4) is 0 Å². The Hall–Kier alpha value is -1.34. The van der Waals surface area contributed by atoms with Gasteiger partial charge >= 0.3 is 5.97 Å². The van der Waals surface area contributed by atoms with Crippen LogP contribution in [-0.4, -0.2) is 22.0 Å². The number of aromatic carboxylic acids is 1. The molecule has 1 aromatic heterocycles. The summed E-state index contributed by atoms with van der Waals surface area (Å²) in [5.41, 5.74) is 5.85. The number of rotatable bonds is 3. The maximum Gasteiger partial charge on any atom is 0.347 e. The zero-order valence-corrected chi connectivity index (χ0v) is 11.2. The van der Waals surface area contributed by atoms with Crippen molar-refractivity contribution < 1.29 is 9.90 Å². The summed E-state index contributed by atoms with van der Waals surface area (Å²) in [5, 5.41) is 19.2. The third kappa shape index (κ3) is 3.11. The number of hydrogen-bond acceptors (Lipinski definition) is 4. The van der Waals surface area contributed by atoms with Crippen molar-refractivity contribution in [2.75, 3.05) is 5.32 Å². The first-order valence-electron chi connectivity index (χ1n) is 5.43. The number of halogens is 1. The minimum absolute atomic E-state index is 0. The normalized spacial score (nSPS) is 15.1. The third-order valence-corrected chi connectivity index (χ3v) is 3.81. The van der Waals surface area contributed by atoms with E-state index in [0.29, 0.717) is 10.8 Å². The Morgan fingerprint density at radius 1 is 1.50 bits per heavy atom. The molecule has 5 N–H and O–H groups in total. The fourth-order valence-electron chi connectivity index (χ4n) is 2.13. The van der Waals surface area contributed by atoms with Crippen LogP contribution in [0.25, 0.3) is 0 Å².